The van der Waals surface area contributed by atoms with Gasteiger partial charge in [0.25, 0.3) is 0 Å². The molecular weight excluding hydrogens is 264 g/mol. The molecule has 1 unspecified atom stereocenters. The van der Waals surface area contributed by atoms with Crippen LogP contribution in [0.2, 0.25) is 0 Å². The molecule has 1 atom stereocenters. The average Bonchev–Trinajstić information content (AvgIpc) is 3.14. The number of piperidine rings is 1. The van der Waals surface area contributed by atoms with Crippen molar-refractivity contribution in [3.8, 4) is 5.88 Å². The van der Waals surface area contributed by atoms with Gasteiger partial charge in [-0.05, 0) is 44.6 Å². The van der Waals surface area contributed by atoms with Gasteiger partial charge in [0.05, 0.1) is 6.26 Å². The van der Waals surface area contributed by atoms with Gasteiger partial charge in [-0.1, -0.05) is 0 Å². The molecule has 0 bridgehead atoms. The molecule has 0 amide bonds. The molecule has 0 saturated carbocycles. The van der Waals surface area contributed by atoms with Crippen molar-refractivity contribution in [2.24, 2.45) is 0 Å². The predicted octanol–water partition coefficient (Wildman–Crippen LogP) is 2.82. The van der Waals surface area contributed by atoms with Crippen LogP contribution in [0.5, 0.6) is 0 Å². The minimum Gasteiger partial charge on any atom is -0.448 e. The van der Waals surface area contributed by atoms with Gasteiger partial charge in [-0.15, -0.1) is 0 Å². The first-order valence-corrected chi connectivity index (χ1v) is 7.39. The summed E-state index contributed by atoms with van der Waals surface area (Å²) in [5.74, 6) is 2.27. The van der Waals surface area contributed by atoms with Crippen molar-refractivity contribution < 1.29 is 4.42 Å². The third-order valence-electron chi connectivity index (χ3n) is 4.16. The molecule has 4 heterocycles. The third kappa shape index (κ3) is 2.14. The Hall–Kier alpha value is -2.14. The van der Waals surface area contributed by atoms with Gasteiger partial charge in [0.2, 0.25) is 5.88 Å². The number of fused-ring (bicyclic) bond motifs is 1. The second-order valence-corrected chi connectivity index (χ2v) is 5.70. The van der Waals surface area contributed by atoms with Gasteiger partial charge in [-0.3, -0.25) is 0 Å². The monoisotopic (exact) mass is 282 g/mol. The molecule has 21 heavy (non-hydrogen) atoms. The fourth-order valence-electron chi connectivity index (χ4n) is 3.20. The van der Waals surface area contributed by atoms with E-state index in [-0.39, 0.29) is 0 Å². The standard InChI is InChI=1S/C16H18N4O/c1-19-9-3-5-12(11-19)15-18-13-6-2-8-17-16(13)20(15)14-7-4-10-21-14/h2,4,6-8,10,12H,3,5,9,11H2,1H3. The first kappa shape index (κ1) is 12.6. The molecule has 0 aromatic carbocycles. The molecular formula is C16H18N4O. The summed E-state index contributed by atoms with van der Waals surface area (Å²) in [5, 5.41) is 0. The van der Waals surface area contributed by atoms with Crippen molar-refractivity contribution in [2.45, 2.75) is 18.8 Å². The van der Waals surface area contributed by atoms with Crippen molar-refractivity contribution in [3.05, 3.63) is 42.5 Å². The van der Waals surface area contributed by atoms with Crippen LogP contribution < -0.4 is 0 Å². The number of rotatable bonds is 2. The highest BCUT2D eigenvalue weighted by molar-refractivity contribution is 5.73. The van der Waals surface area contributed by atoms with Crippen LogP contribution in [0.3, 0.4) is 0 Å². The molecule has 108 valence electrons. The molecule has 3 aromatic rings. The van der Waals surface area contributed by atoms with Crippen molar-refractivity contribution in [1.82, 2.24) is 19.4 Å². The molecule has 1 aliphatic heterocycles. The normalized spacial score (nSPS) is 20.1. The van der Waals surface area contributed by atoms with Gasteiger partial charge < -0.3 is 9.32 Å². The molecule has 3 aromatic heterocycles. The highest BCUT2D eigenvalue weighted by Crippen LogP contribution is 2.30. The van der Waals surface area contributed by atoms with E-state index < -0.39 is 0 Å². The van der Waals surface area contributed by atoms with E-state index >= 15 is 0 Å². The van der Waals surface area contributed by atoms with Gasteiger partial charge in [-0.25, -0.2) is 14.5 Å². The minimum atomic E-state index is 0.419. The SMILES string of the molecule is CN1CCCC(c2nc3cccnc3n2-c2ccco2)C1. The summed E-state index contributed by atoms with van der Waals surface area (Å²) in [5.41, 5.74) is 1.80. The quantitative estimate of drug-likeness (QED) is 0.725. The number of hydrogen-bond acceptors (Lipinski definition) is 4. The molecule has 1 fully saturated rings. The van der Waals surface area contributed by atoms with E-state index in [2.05, 4.69) is 21.5 Å². The van der Waals surface area contributed by atoms with Crippen molar-refractivity contribution in [3.63, 3.8) is 0 Å². The Kier molecular flexibility index (Phi) is 3.00. The zero-order valence-corrected chi connectivity index (χ0v) is 12.1. The average molecular weight is 282 g/mol. The predicted molar refractivity (Wildman–Crippen MR) is 80.6 cm³/mol. The van der Waals surface area contributed by atoms with Gasteiger partial charge in [0, 0.05) is 24.7 Å². The zero-order chi connectivity index (χ0) is 14.2. The van der Waals surface area contributed by atoms with Gasteiger partial charge in [0.15, 0.2) is 5.65 Å². The Bertz CT molecular complexity index is 747. The number of hydrogen-bond donors (Lipinski definition) is 0. The number of nitrogens with zero attached hydrogens (tertiary/aromatic N) is 4. The highest BCUT2D eigenvalue weighted by Gasteiger charge is 2.26. The summed E-state index contributed by atoms with van der Waals surface area (Å²) in [7, 11) is 2.17. The number of likely N-dealkylation sites (N-methyl/N-ethyl adjacent to an activating group) is 1. The largest absolute Gasteiger partial charge is 0.448 e. The second kappa shape index (κ2) is 5.00. The lowest BCUT2D eigenvalue weighted by Gasteiger charge is -2.29. The van der Waals surface area contributed by atoms with Crippen molar-refractivity contribution in [2.75, 3.05) is 20.1 Å². The lowest BCUT2D eigenvalue weighted by Crippen LogP contribution is -2.32. The number of likely N-dealkylation sites (tertiary alicyclic amines) is 1. The second-order valence-electron chi connectivity index (χ2n) is 5.70. The molecule has 5 heteroatoms. The van der Waals surface area contributed by atoms with Crippen LogP contribution in [-0.4, -0.2) is 39.6 Å². The third-order valence-corrected chi connectivity index (χ3v) is 4.16. The van der Waals surface area contributed by atoms with E-state index in [9.17, 15) is 0 Å². The number of furan rings is 1. The Morgan fingerprint density at radius 2 is 2.24 bits per heavy atom. The topological polar surface area (TPSA) is 47.1 Å². The van der Waals surface area contributed by atoms with Crippen LogP contribution in [0.15, 0.2) is 41.1 Å². The molecule has 4 rings (SSSR count). The smallest absolute Gasteiger partial charge is 0.206 e. The van der Waals surface area contributed by atoms with Crippen molar-refractivity contribution >= 4 is 11.2 Å². The molecule has 1 aliphatic rings. The maximum Gasteiger partial charge on any atom is 0.206 e. The minimum absolute atomic E-state index is 0.419. The summed E-state index contributed by atoms with van der Waals surface area (Å²) in [4.78, 5) is 11.7. The number of aromatic nitrogens is 3. The molecule has 0 aliphatic carbocycles. The van der Waals surface area contributed by atoms with Gasteiger partial charge in [0.1, 0.15) is 11.3 Å². The Morgan fingerprint density at radius 3 is 3.05 bits per heavy atom. The van der Waals surface area contributed by atoms with Crippen LogP contribution in [0, 0.1) is 0 Å². The van der Waals surface area contributed by atoms with E-state index in [0.29, 0.717) is 5.92 Å². The van der Waals surface area contributed by atoms with Crippen LogP contribution in [0.4, 0.5) is 0 Å². The van der Waals surface area contributed by atoms with E-state index in [4.69, 9.17) is 9.40 Å². The highest BCUT2D eigenvalue weighted by atomic mass is 16.3. The summed E-state index contributed by atoms with van der Waals surface area (Å²) in [6.45, 7) is 2.19. The van der Waals surface area contributed by atoms with E-state index in [1.54, 1.807) is 12.5 Å². The van der Waals surface area contributed by atoms with E-state index in [1.165, 1.54) is 6.42 Å². The Labute approximate surface area is 123 Å². The van der Waals surface area contributed by atoms with Crippen molar-refractivity contribution in [1.29, 1.82) is 0 Å². The van der Waals surface area contributed by atoms with Gasteiger partial charge in [-0.2, -0.15) is 0 Å². The van der Waals surface area contributed by atoms with E-state index in [0.717, 1.165) is 42.4 Å². The lowest BCUT2D eigenvalue weighted by atomic mass is 9.97. The lowest BCUT2D eigenvalue weighted by molar-refractivity contribution is 0.244. The first-order chi connectivity index (χ1) is 10.3. The maximum atomic E-state index is 5.61. The Morgan fingerprint density at radius 1 is 1.29 bits per heavy atom. The summed E-state index contributed by atoms with van der Waals surface area (Å²) >= 11 is 0. The van der Waals surface area contributed by atoms with Crippen LogP contribution >= 0.6 is 0 Å². The summed E-state index contributed by atoms with van der Waals surface area (Å²) in [6.07, 6.45) is 5.87. The van der Waals surface area contributed by atoms with Gasteiger partial charge >= 0.3 is 0 Å². The first-order valence-electron chi connectivity index (χ1n) is 7.39. The van der Waals surface area contributed by atoms with Crippen LogP contribution in [-0.2, 0) is 0 Å². The Balaban J connectivity index is 1.89. The fourth-order valence-corrected chi connectivity index (χ4v) is 3.20. The fraction of sp³-hybridized carbons (Fsp3) is 0.375. The zero-order valence-electron chi connectivity index (χ0n) is 12.1. The molecule has 0 N–H and O–H groups in total. The number of pyridine rings is 1. The molecule has 0 radical (unpaired) electrons. The molecule has 1 saturated heterocycles. The molecule has 5 nitrogen and oxygen atoms in total. The van der Waals surface area contributed by atoms with E-state index in [1.807, 2.05) is 24.3 Å². The summed E-state index contributed by atoms with van der Waals surface area (Å²) < 4.78 is 7.68. The molecule has 0 spiro atoms. The summed E-state index contributed by atoms with van der Waals surface area (Å²) in [6, 6.07) is 7.81. The number of imidazole rings is 1. The van der Waals surface area contributed by atoms with Crippen LogP contribution in [0.25, 0.3) is 17.0 Å². The maximum absolute atomic E-state index is 5.61. The van der Waals surface area contributed by atoms with Crippen LogP contribution in [0.1, 0.15) is 24.6 Å².